The fourth-order valence-electron chi connectivity index (χ4n) is 4.50. The largest absolute Gasteiger partial charge is 0.324 e. The Balaban J connectivity index is 1.37. The number of piperidine rings is 1. The van der Waals surface area contributed by atoms with Gasteiger partial charge in [-0.3, -0.25) is 14.3 Å². The summed E-state index contributed by atoms with van der Waals surface area (Å²) in [5, 5.41) is 3.98. The monoisotopic (exact) mass is 556 g/mol. The van der Waals surface area contributed by atoms with Gasteiger partial charge in [-0.2, -0.15) is 0 Å². The molecule has 0 unspecified atom stereocenters. The lowest BCUT2D eigenvalue weighted by atomic mass is 9.97. The number of carbonyl (C=O) groups excluding carboxylic acids is 1. The molecule has 0 aliphatic carbocycles. The molecule has 2 heterocycles. The van der Waals surface area contributed by atoms with E-state index in [0.717, 1.165) is 46.4 Å². The van der Waals surface area contributed by atoms with Gasteiger partial charge in [0.05, 0.1) is 34.2 Å². The molecule has 0 saturated carbocycles. The Morgan fingerprint density at radius 3 is 2.71 bits per heavy atom. The van der Waals surface area contributed by atoms with E-state index in [9.17, 15) is 4.79 Å². The van der Waals surface area contributed by atoms with Crippen LogP contribution in [0.15, 0.2) is 71.2 Å². The number of anilines is 1. The van der Waals surface area contributed by atoms with E-state index in [1.807, 2.05) is 30.3 Å². The maximum absolute atomic E-state index is 13.0. The van der Waals surface area contributed by atoms with Crippen molar-refractivity contribution in [3.8, 4) is 5.69 Å². The van der Waals surface area contributed by atoms with Crippen molar-refractivity contribution in [2.24, 2.45) is 5.92 Å². The molecular weight excluding hydrogens is 535 g/mol. The third-order valence-corrected chi connectivity index (χ3v) is 7.24. The Bertz CT molecular complexity index is 1340. The molecule has 4 aromatic rings. The van der Waals surface area contributed by atoms with Crippen molar-refractivity contribution in [3.05, 3.63) is 87.1 Å². The molecule has 0 spiro atoms. The summed E-state index contributed by atoms with van der Waals surface area (Å²) in [4.78, 5) is 20.3. The molecule has 0 radical (unpaired) electrons. The van der Waals surface area contributed by atoms with Crippen LogP contribution in [0.25, 0.3) is 16.7 Å². The number of nitrogens with one attached hydrogen (secondary N) is 1. The first-order valence-electron chi connectivity index (χ1n) is 11.2. The number of likely N-dealkylation sites (tertiary alicyclic amines) is 1. The van der Waals surface area contributed by atoms with E-state index in [1.165, 1.54) is 0 Å². The smallest absolute Gasteiger partial charge is 0.228 e. The fraction of sp³-hybridized carbons (Fsp3) is 0.231. The average Bonchev–Trinajstić information content (AvgIpc) is 3.20. The lowest BCUT2D eigenvalue weighted by Gasteiger charge is -2.32. The Morgan fingerprint density at radius 1 is 1.09 bits per heavy atom. The minimum absolute atomic E-state index is 0.0321. The number of hydrogen-bond acceptors (Lipinski definition) is 3. The Labute approximate surface area is 216 Å². The molecule has 1 amide bonds. The minimum Gasteiger partial charge on any atom is -0.324 e. The van der Waals surface area contributed by atoms with Crippen LogP contribution in [0.1, 0.15) is 18.7 Å². The number of nitrogens with zero attached hydrogens (tertiary/aromatic N) is 3. The maximum Gasteiger partial charge on any atom is 0.228 e. The quantitative estimate of drug-likeness (QED) is 0.289. The second-order valence-corrected chi connectivity index (χ2v) is 10.3. The van der Waals surface area contributed by atoms with Crippen molar-refractivity contribution in [3.63, 3.8) is 0 Å². The minimum atomic E-state index is -0.130. The van der Waals surface area contributed by atoms with Crippen molar-refractivity contribution in [2.75, 3.05) is 18.4 Å². The van der Waals surface area contributed by atoms with Crippen molar-refractivity contribution in [1.82, 2.24) is 14.5 Å². The number of hydrogen-bond donors (Lipinski definition) is 1. The molecule has 1 aliphatic rings. The van der Waals surface area contributed by atoms with Gasteiger partial charge in [-0.1, -0.05) is 51.3 Å². The van der Waals surface area contributed by atoms with Gasteiger partial charge in [0.15, 0.2) is 0 Å². The number of benzene rings is 3. The summed E-state index contributed by atoms with van der Waals surface area (Å²) in [6.07, 6.45) is 1.78. The summed E-state index contributed by atoms with van der Waals surface area (Å²) in [5.74, 6) is 0.798. The summed E-state index contributed by atoms with van der Waals surface area (Å²) in [5.41, 5.74) is 3.64. The van der Waals surface area contributed by atoms with E-state index in [2.05, 4.69) is 48.9 Å². The van der Waals surface area contributed by atoms with Crippen LogP contribution in [0, 0.1) is 5.92 Å². The second-order valence-electron chi connectivity index (χ2n) is 8.52. The molecule has 34 heavy (non-hydrogen) atoms. The van der Waals surface area contributed by atoms with Crippen LogP contribution in [-0.2, 0) is 11.3 Å². The normalized spacial score (nSPS) is 16.6. The molecule has 0 bridgehead atoms. The molecule has 1 atom stereocenters. The topological polar surface area (TPSA) is 50.2 Å². The van der Waals surface area contributed by atoms with E-state index < -0.39 is 0 Å². The predicted molar refractivity (Wildman–Crippen MR) is 142 cm³/mol. The molecule has 1 saturated heterocycles. The first-order chi connectivity index (χ1) is 16.5. The summed E-state index contributed by atoms with van der Waals surface area (Å²) in [6.45, 7) is 2.24. The molecule has 8 heteroatoms. The van der Waals surface area contributed by atoms with Crippen LogP contribution in [0.3, 0.4) is 0 Å². The van der Waals surface area contributed by atoms with Crippen molar-refractivity contribution in [2.45, 2.75) is 19.4 Å². The van der Waals surface area contributed by atoms with Gasteiger partial charge in [0.1, 0.15) is 5.82 Å². The average molecular weight is 558 g/mol. The molecule has 3 aromatic carbocycles. The molecule has 174 valence electrons. The standard InChI is InChI=1S/C26H23BrCl2N4O/c27-18-7-10-20(11-8-18)33-24-6-2-1-5-22(24)30-25(33)16-32-13-3-4-17(15-32)26(34)31-23-14-19(28)9-12-21(23)29/h1-2,5-12,14,17H,3-4,13,15-16H2,(H,31,34)/t17-/m0/s1. The lowest BCUT2D eigenvalue weighted by Crippen LogP contribution is -2.40. The SMILES string of the molecule is O=C(Nc1cc(Cl)ccc1Cl)[C@H]1CCCN(Cc2nc3ccccc3n2-c2ccc(Br)cc2)C1. The molecule has 1 fully saturated rings. The van der Waals surface area contributed by atoms with Crippen molar-refractivity contribution >= 4 is 61.8 Å². The van der Waals surface area contributed by atoms with Gasteiger partial charge in [-0.05, 0) is 74.0 Å². The van der Waals surface area contributed by atoms with E-state index >= 15 is 0 Å². The van der Waals surface area contributed by atoms with Gasteiger partial charge < -0.3 is 5.32 Å². The highest BCUT2D eigenvalue weighted by Gasteiger charge is 2.27. The van der Waals surface area contributed by atoms with E-state index in [0.29, 0.717) is 28.8 Å². The van der Waals surface area contributed by atoms with Gasteiger partial charge >= 0.3 is 0 Å². The summed E-state index contributed by atoms with van der Waals surface area (Å²) >= 11 is 15.8. The molecule has 5 rings (SSSR count). The van der Waals surface area contributed by atoms with E-state index in [-0.39, 0.29) is 11.8 Å². The first kappa shape index (κ1) is 23.4. The van der Waals surface area contributed by atoms with Crippen molar-refractivity contribution < 1.29 is 4.79 Å². The number of carbonyl (C=O) groups is 1. The number of fused-ring (bicyclic) bond motifs is 1. The van der Waals surface area contributed by atoms with Gasteiger partial charge in [0.25, 0.3) is 0 Å². The number of amides is 1. The van der Waals surface area contributed by atoms with Crippen molar-refractivity contribution in [1.29, 1.82) is 0 Å². The number of para-hydroxylation sites is 2. The third-order valence-electron chi connectivity index (χ3n) is 6.14. The Hall–Kier alpha value is -2.38. The maximum atomic E-state index is 13.0. The van der Waals surface area contributed by atoms with Crippen LogP contribution < -0.4 is 5.32 Å². The van der Waals surface area contributed by atoms with Crippen LogP contribution >= 0.6 is 39.1 Å². The summed E-state index contributed by atoms with van der Waals surface area (Å²) in [6, 6.07) is 21.5. The van der Waals surface area contributed by atoms with Crippen LogP contribution in [-0.4, -0.2) is 33.4 Å². The number of rotatable bonds is 5. The summed E-state index contributed by atoms with van der Waals surface area (Å²) < 4.78 is 3.24. The second kappa shape index (κ2) is 10.1. The molecule has 1 aromatic heterocycles. The first-order valence-corrected chi connectivity index (χ1v) is 12.7. The highest BCUT2D eigenvalue weighted by molar-refractivity contribution is 9.10. The highest BCUT2D eigenvalue weighted by atomic mass is 79.9. The highest BCUT2D eigenvalue weighted by Crippen LogP contribution is 2.28. The summed E-state index contributed by atoms with van der Waals surface area (Å²) in [7, 11) is 0. The lowest BCUT2D eigenvalue weighted by molar-refractivity contribution is -0.121. The number of halogens is 3. The van der Waals surface area contributed by atoms with Gasteiger partial charge in [-0.15, -0.1) is 0 Å². The van der Waals surface area contributed by atoms with Crippen LogP contribution in [0.4, 0.5) is 5.69 Å². The van der Waals surface area contributed by atoms with Gasteiger partial charge in [0, 0.05) is 21.7 Å². The zero-order chi connectivity index (χ0) is 23.7. The van der Waals surface area contributed by atoms with Gasteiger partial charge in [-0.25, -0.2) is 4.98 Å². The molecule has 1 N–H and O–H groups in total. The van der Waals surface area contributed by atoms with Crippen LogP contribution in [0.5, 0.6) is 0 Å². The third kappa shape index (κ3) is 5.01. The molecule has 5 nitrogen and oxygen atoms in total. The fourth-order valence-corrected chi connectivity index (χ4v) is 5.10. The van der Waals surface area contributed by atoms with Crippen LogP contribution in [0.2, 0.25) is 10.0 Å². The molecular formula is C26H23BrCl2N4O. The van der Waals surface area contributed by atoms with Gasteiger partial charge in [0.2, 0.25) is 5.91 Å². The Morgan fingerprint density at radius 2 is 1.88 bits per heavy atom. The number of aromatic nitrogens is 2. The predicted octanol–water partition coefficient (Wildman–Crippen LogP) is 6.95. The van der Waals surface area contributed by atoms with E-state index in [1.54, 1.807) is 18.2 Å². The zero-order valence-corrected chi connectivity index (χ0v) is 21.4. The number of imidazole rings is 1. The molecule has 1 aliphatic heterocycles. The Kier molecular flexibility index (Phi) is 6.93. The van der Waals surface area contributed by atoms with E-state index in [4.69, 9.17) is 28.2 Å². The zero-order valence-electron chi connectivity index (χ0n) is 18.3.